The summed E-state index contributed by atoms with van der Waals surface area (Å²) in [6, 6.07) is 1.96. The summed E-state index contributed by atoms with van der Waals surface area (Å²) in [5, 5.41) is 0. The summed E-state index contributed by atoms with van der Waals surface area (Å²) in [7, 11) is 1.23. The van der Waals surface area contributed by atoms with Crippen molar-refractivity contribution in [3.8, 4) is 11.5 Å². The molecule has 0 bridgehead atoms. The van der Waals surface area contributed by atoms with Gasteiger partial charge in [-0.1, -0.05) is 0 Å². The van der Waals surface area contributed by atoms with Gasteiger partial charge in [-0.05, 0) is 64.5 Å². The van der Waals surface area contributed by atoms with Gasteiger partial charge in [0.2, 0.25) is 8.32 Å². The van der Waals surface area contributed by atoms with E-state index in [4.69, 9.17) is 13.9 Å². The van der Waals surface area contributed by atoms with Crippen molar-refractivity contribution >= 4 is 14.3 Å². The van der Waals surface area contributed by atoms with Crippen molar-refractivity contribution in [3.05, 3.63) is 22.8 Å². The Morgan fingerprint density at radius 3 is 2.09 bits per heavy atom. The van der Waals surface area contributed by atoms with Gasteiger partial charge in [-0.15, -0.1) is 0 Å². The molecule has 124 valence electrons. The molecule has 0 saturated heterocycles. The van der Waals surface area contributed by atoms with E-state index in [1.807, 2.05) is 33.8 Å². The highest BCUT2D eigenvalue weighted by atomic mass is 28.4. The van der Waals surface area contributed by atoms with Gasteiger partial charge in [-0.2, -0.15) is 0 Å². The average Bonchev–Trinajstić information content (AvgIpc) is 2.35. The van der Waals surface area contributed by atoms with Crippen molar-refractivity contribution in [2.75, 3.05) is 14.2 Å². The summed E-state index contributed by atoms with van der Waals surface area (Å²) < 4.78 is 16.8. The molecule has 0 heterocycles. The quantitative estimate of drug-likeness (QED) is 0.607. The summed E-state index contributed by atoms with van der Waals surface area (Å²) in [5.41, 5.74) is 1.95. The van der Waals surface area contributed by atoms with Crippen molar-refractivity contribution < 1.29 is 18.7 Å². The molecule has 1 aromatic carbocycles. The number of esters is 1. The minimum atomic E-state index is -1.82. The molecule has 0 aliphatic carbocycles. The Bertz CT molecular complexity index is 571. The van der Waals surface area contributed by atoms with E-state index in [9.17, 15) is 4.79 Å². The maximum Gasteiger partial charge on any atom is 0.315 e. The molecule has 0 aliphatic heterocycles. The van der Waals surface area contributed by atoms with Crippen molar-refractivity contribution in [2.24, 2.45) is 0 Å². The van der Waals surface area contributed by atoms with Gasteiger partial charge in [-0.25, -0.2) is 0 Å². The second kappa shape index (κ2) is 6.32. The van der Waals surface area contributed by atoms with E-state index in [1.165, 1.54) is 7.11 Å². The Morgan fingerprint density at radius 2 is 1.68 bits per heavy atom. The van der Waals surface area contributed by atoms with Crippen molar-refractivity contribution in [1.29, 1.82) is 0 Å². The predicted molar refractivity (Wildman–Crippen MR) is 91.5 cm³/mol. The number of hydrogen-bond acceptors (Lipinski definition) is 4. The van der Waals surface area contributed by atoms with Crippen molar-refractivity contribution in [3.63, 3.8) is 0 Å². The topological polar surface area (TPSA) is 44.8 Å². The standard InChI is InChI=1S/C17H28O4Si/c1-11-10-13(21-22(7,8)9)14(12(2)15(11)19-5)17(3,4)16(18)20-6/h10H,1-9H3. The van der Waals surface area contributed by atoms with Crippen LogP contribution in [0.4, 0.5) is 0 Å². The molecule has 4 nitrogen and oxygen atoms in total. The fraction of sp³-hybridized carbons (Fsp3) is 0.588. The monoisotopic (exact) mass is 324 g/mol. The number of hydrogen-bond donors (Lipinski definition) is 0. The second-order valence-electron chi connectivity index (χ2n) is 7.06. The molecule has 1 rings (SSSR count). The third-order valence-corrected chi connectivity index (χ3v) is 4.44. The van der Waals surface area contributed by atoms with Crippen LogP contribution in [-0.2, 0) is 14.9 Å². The molecule has 0 saturated carbocycles. The Kier molecular flexibility index (Phi) is 5.33. The molecule has 0 aromatic heterocycles. The Labute approximate surface area is 134 Å². The maximum absolute atomic E-state index is 12.3. The van der Waals surface area contributed by atoms with E-state index in [0.29, 0.717) is 0 Å². The smallest absolute Gasteiger partial charge is 0.315 e. The highest BCUT2D eigenvalue weighted by Gasteiger charge is 2.37. The van der Waals surface area contributed by atoms with Crippen LogP contribution < -0.4 is 9.16 Å². The molecule has 0 atom stereocenters. The lowest BCUT2D eigenvalue weighted by Gasteiger charge is -2.31. The molecule has 0 fully saturated rings. The van der Waals surface area contributed by atoms with Crippen molar-refractivity contribution in [2.45, 2.75) is 52.8 Å². The molecule has 0 amide bonds. The van der Waals surface area contributed by atoms with Gasteiger partial charge in [0.15, 0.2) is 0 Å². The normalized spacial score (nSPS) is 12.0. The molecule has 0 radical (unpaired) electrons. The van der Waals surface area contributed by atoms with Gasteiger partial charge >= 0.3 is 5.97 Å². The molecule has 0 N–H and O–H groups in total. The Balaban J connectivity index is 3.67. The lowest BCUT2D eigenvalue weighted by molar-refractivity contribution is -0.146. The zero-order valence-electron chi connectivity index (χ0n) is 15.2. The molecule has 0 aliphatic rings. The first-order valence-electron chi connectivity index (χ1n) is 7.41. The summed E-state index contributed by atoms with van der Waals surface area (Å²) >= 11 is 0. The fourth-order valence-corrected chi connectivity index (χ4v) is 3.61. The highest BCUT2D eigenvalue weighted by molar-refractivity contribution is 6.70. The SMILES string of the molecule is COC(=O)C(C)(C)c1c(O[Si](C)(C)C)cc(C)c(OC)c1C. The number of aryl methyl sites for hydroxylation is 1. The van der Waals surface area contributed by atoms with Crippen LogP contribution in [0.25, 0.3) is 0 Å². The van der Waals surface area contributed by atoms with Gasteiger partial charge in [0.25, 0.3) is 0 Å². The number of rotatable bonds is 5. The maximum atomic E-state index is 12.3. The first-order valence-corrected chi connectivity index (χ1v) is 10.8. The van der Waals surface area contributed by atoms with Crippen LogP contribution in [0.1, 0.15) is 30.5 Å². The molecular weight excluding hydrogens is 296 g/mol. The Morgan fingerprint density at radius 1 is 1.14 bits per heavy atom. The first kappa shape index (κ1) is 18.6. The van der Waals surface area contributed by atoms with E-state index >= 15 is 0 Å². The zero-order chi connectivity index (χ0) is 17.3. The molecule has 5 heteroatoms. The van der Waals surface area contributed by atoms with Crippen LogP contribution in [-0.4, -0.2) is 28.5 Å². The van der Waals surface area contributed by atoms with Crippen LogP contribution in [0.5, 0.6) is 11.5 Å². The third-order valence-electron chi connectivity index (χ3n) is 3.61. The molecule has 0 spiro atoms. The van der Waals surface area contributed by atoms with Gasteiger partial charge in [-0.3, -0.25) is 4.79 Å². The van der Waals surface area contributed by atoms with Gasteiger partial charge < -0.3 is 13.9 Å². The highest BCUT2D eigenvalue weighted by Crippen LogP contribution is 2.42. The first-order chi connectivity index (χ1) is 9.95. The second-order valence-corrected chi connectivity index (χ2v) is 11.5. The number of carbonyl (C=O) groups is 1. The minimum absolute atomic E-state index is 0.290. The predicted octanol–water partition coefficient (Wildman–Crippen LogP) is 3.98. The summed E-state index contributed by atoms with van der Waals surface area (Å²) in [6.07, 6.45) is 0. The lowest BCUT2D eigenvalue weighted by atomic mass is 9.80. The summed E-state index contributed by atoms with van der Waals surface area (Å²) in [6.45, 7) is 14.0. The molecule has 0 unspecified atom stereocenters. The van der Waals surface area contributed by atoms with Crippen LogP contribution in [0.3, 0.4) is 0 Å². The molecule has 22 heavy (non-hydrogen) atoms. The molecular formula is C17H28O4Si. The number of ether oxygens (including phenoxy) is 2. The van der Waals surface area contributed by atoms with E-state index in [0.717, 1.165) is 28.2 Å². The van der Waals surface area contributed by atoms with E-state index in [-0.39, 0.29) is 5.97 Å². The molecule has 1 aromatic rings. The average molecular weight is 324 g/mol. The largest absolute Gasteiger partial charge is 0.544 e. The van der Waals surface area contributed by atoms with Gasteiger partial charge in [0, 0.05) is 5.56 Å². The number of benzene rings is 1. The van der Waals surface area contributed by atoms with Crippen LogP contribution in [0.15, 0.2) is 6.07 Å². The van der Waals surface area contributed by atoms with E-state index in [1.54, 1.807) is 7.11 Å². The van der Waals surface area contributed by atoms with Crippen LogP contribution in [0.2, 0.25) is 19.6 Å². The van der Waals surface area contributed by atoms with Crippen LogP contribution >= 0.6 is 0 Å². The van der Waals surface area contributed by atoms with E-state index in [2.05, 4.69) is 19.6 Å². The number of carbonyl (C=O) groups excluding carboxylic acids is 1. The van der Waals surface area contributed by atoms with Gasteiger partial charge in [0.1, 0.15) is 11.5 Å². The zero-order valence-corrected chi connectivity index (χ0v) is 16.2. The lowest BCUT2D eigenvalue weighted by Crippen LogP contribution is -2.35. The van der Waals surface area contributed by atoms with Gasteiger partial charge in [0.05, 0.1) is 19.6 Å². The fourth-order valence-electron chi connectivity index (χ4n) is 2.79. The van der Waals surface area contributed by atoms with Crippen molar-refractivity contribution in [1.82, 2.24) is 0 Å². The Hall–Kier alpha value is -1.49. The van der Waals surface area contributed by atoms with E-state index < -0.39 is 13.7 Å². The minimum Gasteiger partial charge on any atom is -0.544 e. The summed E-state index contributed by atoms with van der Waals surface area (Å²) in [5.74, 6) is 1.25. The summed E-state index contributed by atoms with van der Waals surface area (Å²) in [4.78, 5) is 12.3. The van der Waals surface area contributed by atoms with Crippen LogP contribution in [0, 0.1) is 13.8 Å². The number of methoxy groups -OCH3 is 2. The third kappa shape index (κ3) is 3.63.